The summed E-state index contributed by atoms with van der Waals surface area (Å²) in [7, 11) is 1.67. The van der Waals surface area contributed by atoms with E-state index in [1.165, 1.54) is 63.1 Å². The third kappa shape index (κ3) is 14.5. The lowest BCUT2D eigenvalue weighted by molar-refractivity contribution is -0.112. The maximum absolute atomic E-state index is 10.9. The molecular formula is C43H59NO4. The lowest BCUT2D eigenvalue weighted by atomic mass is 9.83. The highest BCUT2D eigenvalue weighted by molar-refractivity contribution is 5.89. The summed E-state index contributed by atoms with van der Waals surface area (Å²) < 4.78 is 16.8. The van der Waals surface area contributed by atoms with E-state index in [-0.39, 0.29) is 5.92 Å². The molecular weight excluding hydrogens is 594 g/mol. The summed E-state index contributed by atoms with van der Waals surface area (Å²) in [4.78, 5) is 10.9. The molecule has 0 aliphatic heterocycles. The molecule has 1 aliphatic rings. The van der Waals surface area contributed by atoms with Crippen LogP contribution in [0.1, 0.15) is 108 Å². The smallest absolute Gasteiger partial charge is 0.123 e. The van der Waals surface area contributed by atoms with Crippen molar-refractivity contribution in [1.29, 1.82) is 5.41 Å². The lowest BCUT2D eigenvalue weighted by Gasteiger charge is -2.25. The van der Waals surface area contributed by atoms with E-state index in [2.05, 4.69) is 43.8 Å². The number of nitrogens with one attached hydrogen (secondary N) is 1. The van der Waals surface area contributed by atoms with Gasteiger partial charge in [0.15, 0.2) is 0 Å². The summed E-state index contributed by atoms with van der Waals surface area (Å²) in [5, 5.41) is 7.84. The van der Waals surface area contributed by atoms with E-state index in [0.29, 0.717) is 12.5 Å². The van der Waals surface area contributed by atoms with Crippen molar-refractivity contribution >= 4 is 12.5 Å². The number of rotatable bonds is 21. The zero-order valence-corrected chi connectivity index (χ0v) is 29.6. The molecule has 3 aromatic rings. The van der Waals surface area contributed by atoms with E-state index < -0.39 is 0 Å². The van der Waals surface area contributed by atoms with Crippen molar-refractivity contribution in [2.24, 2.45) is 11.8 Å². The van der Waals surface area contributed by atoms with Gasteiger partial charge in [-0.05, 0) is 117 Å². The summed E-state index contributed by atoms with van der Waals surface area (Å²) in [6.07, 6.45) is 22.3. The Labute approximate surface area is 290 Å². The Morgan fingerprint density at radius 1 is 0.771 bits per heavy atom. The van der Waals surface area contributed by atoms with Gasteiger partial charge in [-0.3, -0.25) is 0 Å². The molecule has 1 saturated carbocycles. The van der Waals surface area contributed by atoms with Crippen LogP contribution in [-0.4, -0.2) is 32.8 Å². The Kier molecular flexibility index (Phi) is 18.9. The largest absolute Gasteiger partial charge is 0.497 e. The van der Waals surface area contributed by atoms with Crippen LogP contribution in [0.2, 0.25) is 0 Å². The van der Waals surface area contributed by atoms with Crippen molar-refractivity contribution in [3.05, 3.63) is 90.5 Å². The Morgan fingerprint density at radius 2 is 1.44 bits per heavy atom. The molecule has 0 heterocycles. The second-order valence-electron chi connectivity index (χ2n) is 13.0. The summed E-state index contributed by atoms with van der Waals surface area (Å²) in [5.74, 6) is 3.38. The Hall–Kier alpha value is -3.86. The minimum atomic E-state index is 0.244. The number of unbranched alkanes of at least 4 members (excludes halogenated alkanes) is 8. The molecule has 0 unspecified atom stereocenters. The zero-order valence-electron chi connectivity index (χ0n) is 29.6. The molecule has 3 aromatic carbocycles. The monoisotopic (exact) mass is 653 g/mol. The molecule has 0 spiro atoms. The average molecular weight is 654 g/mol. The van der Waals surface area contributed by atoms with Crippen molar-refractivity contribution in [1.82, 2.24) is 0 Å². The van der Waals surface area contributed by atoms with Gasteiger partial charge in [0.1, 0.15) is 23.5 Å². The maximum Gasteiger partial charge on any atom is 0.123 e. The molecule has 0 atom stereocenters. The van der Waals surface area contributed by atoms with Crippen LogP contribution in [-0.2, 0) is 11.2 Å². The van der Waals surface area contributed by atoms with Gasteiger partial charge in [0.2, 0.25) is 0 Å². The SMILES string of the molecule is C=CCCCCCCCCOc1ccc(OC)cc1.CCCCCc1ccc(-c2ccc(OCC3CCC(C=O)CC3)cc2C=N)cc1. The van der Waals surface area contributed by atoms with Gasteiger partial charge in [-0.25, -0.2) is 0 Å². The lowest BCUT2D eigenvalue weighted by Crippen LogP contribution is -2.20. The number of benzene rings is 3. The van der Waals surface area contributed by atoms with Crippen LogP contribution in [0, 0.1) is 17.2 Å². The Balaban J connectivity index is 0.000000286. The number of allylic oxidation sites excluding steroid dienone is 1. The number of aryl methyl sites for hydroxylation is 1. The van der Waals surface area contributed by atoms with E-state index >= 15 is 0 Å². The molecule has 48 heavy (non-hydrogen) atoms. The number of aldehydes is 1. The first kappa shape index (κ1) is 38.6. The standard InChI is InChI=1S/C26H33NO2.C17H26O2/c1-2-3-4-5-20-10-12-23(13-11-20)26-15-14-25(16-24(26)17-27)29-19-22-8-6-21(18-28)7-9-22;1-3-4-5-6-7-8-9-10-15-19-17-13-11-16(18-2)12-14-17/h10-18,21-22,27H,2-9,19H2,1H3;3,11-14H,1,4-10,15H2,2H3. The van der Waals surface area contributed by atoms with Gasteiger partial charge in [-0.2, -0.15) is 0 Å². The number of carbonyl (C=O) groups is 1. The van der Waals surface area contributed by atoms with Crippen molar-refractivity contribution in [3.8, 4) is 28.4 Å². The van der Waals surface area contributed by atoms with E-state index in [4.69, 9.17) is 19.6 Å². The number of methoxy groups -OCH3 is 1. The van der Waals surface area contributed by atoms with E-state index in [1.54, 1.807) is 7.11 Å². The molecule has 0 aromatic heterocycles. The highest BCUT2D eigenvalue weighted by Crippen LogP contribution is 2.30. The van der Waals surface area contributed by atoms with Crippen LogP contribution in [0.4, 0.5) is 0 Å². The highest BCUT2D eigenvalue weighted by Gasteiger charge is 2.21. The molecule has 0 amide bonds. The minimum absolute atomic E-state index is 0.244. The van der Waals surface area contributed by atoms with Crippen molar-refractivity contribution < 1.29 is 19.0 Å². The topological polar surface area (TPSA) is 68.6 Å². The predicted octanol–water partition coefficient (Wildman–Crippen LogP) is 11.5. The summed E-state index contributed by atoms with van der Waals surface area (Å²) >= 11 is 0. The fourth-order valence-corrected chi connectivity index (χ4v) is 6.11. The minimum Gasteiger partial charge on any atom is -0.497 e. The first-order valence-corrected chi connectivity index (χ1v) is 18.3. The third-order valence-corrected chi connectivity index (χ3v) is 9.21. The maximum atomic E-state index is 10.9. The molecule has 1 aliphatic carbocycles. The van der Waals surface area contributed by atoms with Crippen LogP contribution < -0.4 is 14.2 Å². The molecule has 0 saturated heterocycles. The van der Waals surface area contributed by atoms with E-state index in [1.807, 2.05) is 42.5 Å². The van der Waals surface area contributed by atoms with Gasteiger partial charge in [0.05, 0.1) is 20.3 Å². The molecule has 5 nitrogen and oxygen atoms in total. The zero-order chi connectivity index (χ0) is 34.2. The fourth-order valence-electron chi connectivity index (χ4n) is 6.11. The molecule has 260 valence electrons. The number of carbonyl (C=O) groups excluding carboxylic acids is 1. The Bertz CT molecular complexity index is 1310. The molecule has 0 bridgehead atoms. The van der Waals surface area contributed by atoms with Crippen molar-refractivity contribution in [2.45, 2.75) is 103 Å². The van der Waals surface area contributed by atoms with Crippen LogP contribution in [0.25, 0.3) is 11.1 Å². The molecule has 4 rings (SSSR count). The van der Waals surface area contributed by atoms with E-state index in [0.717, 1.165) is 91.8 Å². The van der Waals surface area contributed by atoms with Gasteiger partial charge >= 0.3 is 0 Å². The van der Waals surface area contributed by atoms with Gasteiger partial charge in [0, 0.05) is 17.7 Å². The van der Waals surface area contributed by atoms with Gasteiger partial charge < -0.3 is 24.4 Å². The predicted molar refractivity (Wildman–Crippen MR) is 201 cm³/mol. The third-order valence-electron chi connectivity index (χ3n) is 9.21. The summed E-state index contributed by atoms with van der Waals surface area (Å²) in [5.41, 5.74) is 4.47. The van der Waals surface area contributed by atoms with Crippen molar-refractivity contribution in [2.75, 3.05) is 20.3 Å². The number of hydrogen-bond acceptors (Lipinski definition) is 5. The summed E-state index contributed by atoms with van der Waals surface area (Å²) in [6, 6.07) is 22.5. The first-order valence-electron chi connectivity index (χ1n) is 18.3. The normalized spacial score (nSPS) is 15.5. The average Bonchev–Trinajstić information content (AvgIpc) is 3.14. The van der Waals surface area contributed by atoms with Crippen LogP contribution >= 0.6 is 0 Å². The molecule has 5 heteroatoms. The van der Waals surface area contributed by atoms with Crippen LogP contribution in [0.5, 0.6) is 17.2 Å². The van der Waals surface area contributed by atoms with Gasteiger partial charge in [-0.1, -0.05) is 81.9 Å². The Morgan fingerprint density at radius 3 is 2.08 bits per heavy atom. The van der Waals surface area contributed by atoms with Crippen LogP contribution in [0.15, 0.2) is 79.4 Å². The van der Waals surface area contributed by atoms with E-state index in [9.17, 15) is 4.79 Å². The molecule has 0 radical (unpaired) electrons. The second kappa shape index (κ2) is 23.5. The molecule has 1 N–H and O–H groups in total. The first-order chi connectivity index (χ1) is 23.6. The van der Waals surface area contributed by atoms with Crippen LogP contribution in [0.3, 0.4) is 0 Å². The highest BCUT2D eigenvalue weighted by atomic mass is 16.5. The number of hydrogen-bond donors (Lipinski definition) is 1. The van der Waals surface area contributed by atoms with Crippen molar-refractivity contribution in [3.63, 3.8) is 0 Å². The fraction of sp³-hybridized carbons (Fsp3) is 0.488. The van der Waals surface area contributed by atoms with Gasteiger partial charge in [-0.15, -0.1) is 6.58 Å². The summed E-state index contributed by atoms with van der Waals surface area (Å²) in [6.45, 7) is 7.46. The van der Waals surface area contributed by atoms with Gasteiger partial charge in [0.25, 0.3) is 0 Å². The second-order valence-corrected chi connectivity index (χ2v) is 13.0. The molecule has 1 fully saturated rings. The quantitative estimate of drug-likeness (QED) is 0.0537. The number of ether oxygens (including phenoxy) is 3.